The number of thioether (sulfide) groups is 1. The van der Waals surface area contributed by atoms with Crippen LogP contribution in [0.25, 0.3) is 0 Å². The number of carboxylic acids is 1. The Morgan fingerprint density at radius 1 is 1.19 bits per heavy atom. The van der Waals surface area contributed by atoms with Crippen LogP contribution in [0.4, 0.5) is 9.93 Å². The number of ether oxygens (including phenoxy) is 1. The van der Waals surface area contributed by atoms with Crippen LogP contribution in [0.5, 0.6) is 0 Å². The minimum Gasteiger partial charge on any atom is -0.480 e. The Hall–Kier alpha value is -1.32. The monoisotopic (exact) mass is 483 g/mol. The number of anilines is 1. The van der Waals surface area contributed by atoms with Crippen molar-refractivity contribution in [2.24, 2.45) is 5.92 Å². The van der Waals surface area contributed by atoms with Gasteiger partial charge >= 0.3 is 12.0 Å². The highest BCUT2D eigenvalue weighted by Gasteiger charge is 2.35. The van der Waals surface area contributed by atoms with E-state index in [2.05, 4.69) is 15.2 Å². The van der Waals surface area contributed by atoms with Crippen molar-refractivity contribution in [3.05, 3.63) is 6.20 Å². The molecule has 2 N–H and O–H groups in total. The van der Waals surface area contributed by atoms with Gasteiger partial charge in [-0.2, -0.15) is 0 Å². The summed E-state index contributed by atoms with van der Waals surface area (Å²) in [6.45, 7) is 6.96. The van der Waals surface area contributed by atoms with Crippen molar-refractivity contribution in [1.29, 1.82) is 0 Å². The molecule has 0 saturated heterocycles. The third kappa shape index (κ3) is 6.84. The van der Waals surface area contributed by atoms with Gasteiger partial charge < -0.3 is 14.7 Å². The maximum Gasteiger partial charge on any atom is 0.324 e. The van der Waals surface area contributed by atoms with Crippen LogP contribution in [-0.2, 0) is 9.53 Å². The molecule has 2 aliphatic carbocycles. The Balaban J connectivity index is 1.65. The van der Waals surface area contributed by atoms with Crippen LogP contribution in [0.3, 0.4) is 0 Å². The van der Waals surface area contributed by atoms with E-state index in [0.29, 0.717) is 11.0 Å². The highest BCUT2D eigenvalue weighted by atomic mass is 32.2. The maximum absolute atomic E-state index is 13.4. The SMILES string of the molecule is CCOC[C@H]1CC[C@H](N(C(=O)Nc2ncc(SC(C)(C)C(=O)O)s2)C2CCCCC2)CC1. The third-order valence-corrected chi connectivity index (χ3v) is 8.74. The van der Waals surface area contributed by atoms with Crippen LogP contribution in [0.15, 0.2) is 10.4 Å². The van der Waals surface area contributed by atoms with Crippen molar-refractivity contribution < 1.29 is 19.4 Å². The van der Waals surface area contributed by atoms with Gasteiger partial charge in [-0.25, -0.2) is 9.78 Å². The van der Waals surface area contributed by atoms with E-state index in [-0.39, 0.29) is 18.1 Å². The molecule has 0 spiro atoms. The number of carbonyl (C=O) groups is 2. The highest BCUT2D eigenvalue weighted by Crippen LogP contribution is 2.38. The minimum atomic E-state index is -0.942. The second-order valence-corrected chi connectivity index (χ2v) is 12.3. The molecule has 180 valence electrons. The zero-order valence-electron chi connectivity index (χ0n) is 19.5. The van der Waals surface area contributed by atoms with Crippen molar-refractivity contribution in [2.75, 3.05) is 18.5 Å². The molecule has 1 heterocycles. The molecule has 3 rings (SSSR count). The van der Waals surface area contributed by atoms with Gasteiger partial charge in [0, 0.05) is 25.3 Å². The van der Waals surface area contributed by atoms with Crippen molar-refractivity contribution in [3.8, 4) is 0 Å². The fraction of sp³-hybridized carbons (Fsp3) is 0.783. The molecule has 0 atom stereocenters. The second-order valence-electron chi connectivity index (χ2n) is 9.37. The van der Waals surface area contributed by atoms with Crippen LogP contribution in [-0.4, -0.2) is 57.0 Å². The number of carbonyl (C=O) groups excluding carboxylic acids is 1. The topological polar surface area (TPSA) is 91.8 Å². The summed E-state index contributed by atoms with van der Waals surface area (Å²) in [6.07, 6.45) is 11.6. The van der Waals surface area contributed by atoms with Crippen LogP contribution < -0.4 is 5.32 Å². The summed E-state index contributed by atoms with van der Waals surface area (Å²) in [5, 5.41) is 12.9. The summed E-state index contributed by atoms with van der Waals surface area (Å²) >= 11 is 2.59. The number of nitrogens with zero attached hydrogens (tertiary/aromatic N) is 2. The summed E-state index contributed by atoms with van der Waals surface area (Å²) in [6, 6.07) is 0.487. The summed E-state index contributed by atoms with van der Waals surface area (Å²) < 4.78 is 5.47. The summed E-state index contributed by atoms with van der Waals surface area (Å²) in [5.41, 5.74) is 0. The number of nitrogens with one attached hydrogen (secondary N) is 1. The first-order valence-electron chi connectivity index (χ1n) is 11.9. The van der Waals surface area contributed by atoms with E-state index in [1.165, 1.54) is 42.4 Å². The van der Waals surface area contributed by atoms with Crippen molar-refractivity contribution >= 4 is 40.2 Å². The Bertz CT molecular complexity index is 756. The van der Waals surface area contributed by atoms with E-state index in [4.69, 9.17) is 4.74 Å². The molecule has 2 fully saturated rings. The van der Waals surface area contributed by atoms with Gasteiger partial charge in [0.2, 0.25) is 0 Å². The lowest BCUT2D eigenvalue weighted by molar-refractivity contribution is -0.138. The Labute approximate surface area is 199 Å². The zero-order valence-corrected chi connectivity index (χ0v) is 21.1. The minimum absolute atomic E-state index is 0.0615. The first-order chi connectivity index (χ1) is 15.3. The second kappa shape index (κ2) is 11.7. The zero-order chi connectivity index (χ0) is 23.1. The van der Waals surface area contributed by atoms with Crippen molar-refractivity contribution in [3.63, 3.8) is 0 Å². The molecule has 7 nitrogen and oxygen atoms in total. The van der Waals surface area contributed by atoms with Gasteiger partial charge in [0.1, 0.15) is 4.75 Å². The van der Waals surface area contributed by atoms with Crippen LogP contribution in [0.2, 0.25) is 0 Å². The Morgan fingerprint density at radius 2 is 1.84 bits per heavy atom. The quantitative estimate of drug-likeness (QED) is 0.427. The summed E-state index contributed by atoms with van der Waals surface area (Å²) in [4.78, 5) is 31.3. The Morgan fingerprint density at radius 3 is 2.47 bits per heavy atom. The number of rotatable bonds is 9. The lowest BCUT2D eigenvalue weighted by Gasteiger charge is -2.42. The molecule has 2 saturated carbocycles. The molecule has 1 aromatic rings. The van der Waals surface area contributed by atoms with Gasteiger partial charge in [0.25, 0.3) is 0 Å². The first kappa shape index (κ1) is 25.3. The van der Waals surface area contributed by atoms with Gasteiger partial charge in [0.15, 0.2) is 5.13 Å². The predicted octanol–water partition coefficient (Wildman–Crippen LogP) is 5.86. The van der Waals surface area contributed by atoms with E-state index in [0.717, 1.165) is 55.9 Å². The van der Waals surface area contributed by atoms with Gasteiger partial charge in [0.05, 0.1) is 10.4 Å². The predicted molar refractivity (Wildman–Crippen MR) is 130 cm³/mol. The number of carboxylic acid groups (broad SMARTS) is 1. The number of hydrogen-bond donors (Lipinski definition) is 2. The normalized spacial score (nSPS) is 22.5. The van der Waals surface area contributed by atoms with Gasteiger partial charge in [-0.15, -0.1) is 0 Å². The first-order valence-corrected chi connectivity index (χ1v) is 13.5. The molecule has 9 heteroatoms. The van der Waals surface area contributed by atoms with Crippen LogP contribution in [0.1, 0.15) is 78.6 Å². The molecule has 2 aliphatic rings. The van der Waals surface area contributed by atoms with E-state index < -0.39 is 10.7 Å². The molecule has 0 aliphatic heterocycles. The van der Waals surface area contributed by atoms with Crippen molar-refractivity contribution in [2.45, 2.75) is 99.6 Å². The van der Waals surface area contributed by atoms with Crippen molar-refractivity contribution in [1.82, 2.24) is 9.88 Å². The maximum atomic E-state index is 13.4. The number of aliphatic carboxylic acids is 1. The fourth-order valence-electron chi connectivity index (χ4n) is 4.68. The number of thiazole rings is 1. The number of hydrogen-bond acceptors (Lipinski definition) is 6. The van der Waals surface area contributed by atoms with E-state index in [9.17, 15) is 14.7 Å². The largest absolute Gasteiger partial charge is 0.480 e. The lowest BCUT2D eigenvalue weighted by Crippen LogP contribution is -2.51. The average Bonchev–Trinajstić information content (AvgIpc) is 3.20. The van der Waals surface area contributed by atoms with Crippen LogP contribution in [0, 0.1) is 5.92 Å². The third-order valence-electron chi connectivity index (χ3n) is 6.54. The van der Waals surface area contributed by atoms with E-state index in [1.807, 2.05) is 6.92 Å². The lowest BCUT2D eigenvalue weighted by atomic mass is 9.84. The summed E-state index contributed by atoms with van der Waals surface area (Å²) in [5.74, 6) is -0.275. The molecule has 32 heavy (non-hydrogen) atoms. The van der Waals surface area contributed by atoms with Gasteiger partial charge in [-0.3, -0.25) is 10.1 Å². The van der Waals surface area contributed by atoms with E-state index in [1.54, 1.807) is 20.0 Å². The molecule has 0 bridgehead atoms. The number of aromatic nitrogens is 1. The van der Waals surface area contributed by atoms with E-state index >= 15 is 0 Å². The molecular weight excluding hydrogens is 446 g/mol. The molecule has 0 unspecified atom stereocenters. The highest BCUT2D eigenvalue weighted by molar-refractivity contribution is 8.03. The van der Waals surface area contributed by atoms with Gasteiger partial charge in [-0.05, 0) is 65.2 Å². The van der Waals surface area contributed by atoms with Crippen LogP contribution >= 0.6 is 23.1 Å². The molecule has 1 aromatic heterocycles. The standard InChI is InChI=1S/C23H37N3O4S2/c1-4-30-15-16-10-12-18(13-11-16)26(17-8-6-5-7-9-17)22(29)25-21-24-14-19(31-21)32-23(2,3)20(27)28/h14,16-18H,4-13,15H2,1-3H3,(H,27,28)(H,24,25,29)/t16-,18-. The average molecular weight is 484 g/mol. The molecule has 2 amide bonds. The number of amides is 2. The fourth-order valence-corrected chi connectivity index (χ4v) is 6.94. The molecule has 0 radical (unpaired) electrons. The molecular formula is C23H37N3O4S2. The number of urea groups is 1. The molecule has 0 aromatic carbocycles. The van der Waals surface area contributed by atoms with Gasteiger partial charge in [-0.1, -0.05) is 42.4 Å². The smallest absolute Gasteiger partial charge is 0.324 e. The Kier molecular flexibility index (Phi) is 9.25. The summed E-state index contributed by atoms with van der Waals surface area (Å²) in [7, 11) is 0.